The van der Waals surface area contributed by atoms with Crippen LogP contribution in [0, 0.1) is 0 Å². The van der Waals surface area contributed by atoms with E-state index in [0.717, 1.165) is 28.8 Å². The second-order valence-corrected chi connectivity index (χ2v) is 4.88. The van der Waals surface area contributed by atoms with Crippen LogP contribution in [0.2, 0.25) is 0 Å². The van der Waals surface area contributed by atoms with Gasteiger partial charge in [0.15, 0.2) is 0 Å². The maximum atomic E-state index is 5.63. The minimum absolute atomic E-state index is 0.485. The van der Waals surface area contributed by atoms with Crippen LogP contribution in [0.3, 0.4) is 0 Å². The van der Waals surface area contributed by atoms with Crippen LogP contribution in [0.4, 0.5) is 0 Å². The zero-order valence-electron chi connectivity index (χ0n) is 10.9. The lowest BCUT2D eigenvalue weighted by molar-refractivity contribution is 0.414. The summed E-state index contributed by atoms with van der Waals surface area (Å²) in [5, 5.41) is 11.3. The molecule has 5 nitrogen and oxygen atoms in total. The lowest BCUT2D eigenvalue weighted by Gasteiger charge is -2.03. The first-order chi connectivity index (χ1) is 9.24. The highest BCUT2D eigenvalue weighted by Crippen LogP contribution is 2.30. The van der Waals surface area contributed by atoms with Crippen LogP contribution in [0.25, 0.3) is 11.5 Å². The fourth-order valence-corrected chi connectivity index (χ4v) is 2.02. The van der Waals surface area contributed by atoms with Gasteiger partial charge in [-0.15, -0.1) is 10.2 Å². The zero-order valence-corrected chi connectivity index (χ0v) is 12.5. The Balaban J connectivity index is 2.17. The second-order valence-electron chi connectivity index (χ2n) is 4.02. The van der Waals surface area contributed by atoms with Crippen molar-refractivity contribution >= 4 is 15.9 Å². The van der Waals surface area contributed by atoms with E-state index in [9.17, 15) is 0 Å². The van der Waals surface area contributed by atoms with Crippen molar-refractivity contribution in [1.29, 1.82) is 0 Å². The molecule has 2 aromatic rings. The van der Waals surface area contributed by atoms with Gasteiger partial charge in [0.05, 0.1) is 19.2 Å². The molecule has 0 saturated carbocycles. The van der Waals surface area contributed by atoms with Crippen molar-refractivity contribution in [2.45, 2.75) is 19.9 Å². The molecule has 0 amide bonds. The molecule has 2 rings (SSSR count). The Hall–Kier alpha value is -1.40. The van der Waals surface area contributed by atoms with Crippen LogP contribution in [-0.4, -0.2) is 23.9 Å². The predicted octanol–water partition coefficient (Wildman–Crippen LogP) is 3.01. The molecule has 102 valence electrons. The highest BCUT2D eigenvalue weighted by molar-refractivity contribution is 9.10. The van der Waals surface area contributed by atoms with Crippen LogP contribution in [0.15, 0.2) is 27.1 Å². The summed E-state index contributed by atoms with van der Waals surface area (Å²) in [4.78, 5) is 0. The number of nitrogens with one attached hydrogen (secondary N) is 1. The van der Waals surface area contributed by atoms with Gasteiger partial charge in [0, 0.05) is 4.47 Å². The van der Waals surface area contributed by atoms with E-state index in [1.165, 1.54) is 0 Å². The summed E-state index contributed by atoms with van der Waals surface area (Å²) in [6, 6.07) is 5.63. The van der Waals surface area contributed by atoms with Gasteiger partial charge in [-0.2, -0.15) is 0 Å². The summed E-state index contributed by atoms with van der Waals surface area (Å²) in [5.74, 6) is 1.82. The van der Waals surface area contributed by atoms with E-state index in [1.807, 2.05) is 18.2 Å². The number of methoxy groups -OCH3 is 1. The molecule has 19 heavy (non-hydrogen) atoms. The highest BCUT2D eigenvalue weighted by atomic mass is 79.9. The summed E-state index contributed by atoms with van der Waals surface area (Å²) >= 11 is 3.47. The van der Waals surface area contributed by atoms with Crippen molar-refractivity contribution in [3.63, 3.8) is 0 Å². The number of hydrogen-bond acceptors (Lipinski definition) is 5. The van der Waals surface area contributed by atoms with Crippen LogP contribution in [0.5, 0.6) is 5.75 Å². The molecule has 0 aliphatic carbocycles. The topological polar surface area (TPSA) is 60.2 Å². The Morgan fingerprint density at radius 3 is 2.95 bits per heavy atom. The number of rotatable bonds is 6. The van der Waals surface area contributed by atoms with E-state index >= 15 is 0 Å². The number of hydrogen-bond donors (Lipinski definition) is 1. The Morgan fingerprint density at radius 1 is 1.37 bits per heavy atom. The molecule has 0 aliphatic rings. The summed E-state index contributed by atoms with van der Waals surface area (Å²) in [7, 11) is 1.63. The zero-order chi connectivity index (χ0) is 13.7. The quantitative estimate of drug-likeness (QED) is 0.827. The average molecular weight is 326 g/mol. The van der Waals surface area contributed by atoms with Crippen molar-refractivity contribution in [3.05, 3.63) is 28.6 Å². The Labute approximate surface area is 120 Å². The Bertz CT molecular complexity index is 542. The first-order valence-corrected chi connectivity index (χ1v) is 6.91. The normalized spacial score (nSPS) is 10.7. The third-order valence-electron chi connectivity index (χ3n) is 2.57. The van der Waals surface area contributed by atoms with Crippen LogP contribution in [0.1, 0.15) is 19.2 Å². The van der Waals surface area contributed by atoms with E-state index < -0.39 is 0 Å². The van der Waals surface area contributed by atoms with E-state index in [2.05, 4.69) is 38.4 Å². The molecule has 0 radical (unpaired) electrons. The molecule has 1 N–H and O–H groups in total. The lowest BCUT2D eigenvalue weighted by atomic mass is 10.2. The number of aromatic nitrogens is 2. The standard InChI is InChI=1S/C13H16BrN3O2/c1-3-6-15-8-12-16-17-13(19-12)10-7-9(18-2)4-5-11(10)14/h4-5,7,15H,3,6,8H2,1-2H3. The Morgan fingerprint density at radius 2 is 2.21 bits per heavy atom. The highest BCUT2D eigenvalue weighted by Gasteiger charge is 2.12. The van der Waals surface area contributed by atoms with E-state index in [0.29, 0.717) is 18.3 Å². The fourth-order valence-electron chi connectivity index (χ4n) is 1.60. The van der Waals surface area contributed by atoms with E-state index in [-0.39, 0.29) is 0 Å². The van der Waals surface area contributed by atoms with Gasteiger partial charge in [0.2, 0.25) is 11.8 Å². The van der Waals surface area contributed by atoms with Gasteiger partial charge < -0.3 is 14.5 Å². The number of nitrogens with zero attached hydrogens (tertiary/aromatic N) is 2. The van der Waals surface area contributed by atoms with Crippen LogP contribution >= 0.6 is 15.9 Å². The van der Waals surface area contributed by atoms with Gasteiger partial charge in [-0.05, 0) is 47.1 Å². The first-order valence-electron chi connectivity index (χ1n) is 6.11. The summed E-state index contributed by atoms with van der Waals surface area (Å²) in [5.41, 5.74) is 0.827. The number of halogens is 1. The third-order valence-corrected chi connectivity index (χ3v) is 3.27. The molecular formula is C13H16BrN3O2. The molecule has 0 saturated heterocycles. The average Bonchev–Trinajstić information content (AvgIpc) is 2.88. The monoisotopic (exact) mass is 325 g/mol. The molecule has 6 heteroatoms. The molecule has 1 aromatic carbocycles. The molecule has 0 spiro atoms. The largest absolute Gasteiger partial charge is 0.497 e. The summed E-state index contributed by atoms with van der Waals surface area (Å²) in [6.07, 6.45) is 1.07. The van der Waals surface area contributed by atoms with E-state index in [1.54, 1.807) is 7.11 Å². The van der Waals surface area contributed by atoms with Gasteiger partial charge in [0.25, 0.3) is 0 Å². The maximum absolute atomic E-state index is 5.63. The molecule has 0 unspecified atom stereocenters. The summed E-state index contributed by atoms with van der Waals surface area (Å²) < 4.78 is 11.7. The van der Waals surface area contributed by atoms with Crippen molar-refractivity contribution in [3.8, 4) is 17.2 Å². The molecule has 1 heterocycles. The van der Waals surface area contributed by atoms with Gasteiger partial charge in [-0.25, -0.2) is 0 Å². The molecule has 0 bridgehead atoms. The van der Waals surface area contributed by atoms with Gasteiger partial charge >= 0.3 is 0 Å². The molecular weight excluding hydrogens is 310 g/mol. The number of benzene rings is 1. The predicted molar refractivity (Wildman–Crippen MR) is 76.0 cm³/mol. The minimum atomic E-state index is 0.485. The second kappa shape index (κ2) is 6.68. The smallest absolute Gasteiger partial charge is 0.249 e. The molecule has 0 aliphatic heterocycles. The molecule has 0 fully saturated rings. The molecule has 0 atom stereocenters. The van der Waals surface area contributed by atoms with E-state index in [4.69, 9.17) is 9.15 Å². The van der Waals surface area contributed by atoms with Crippen LogP contribution < -0.4 is 10.1 Å². The SMILES string of the molecule is CCCNCc1nnc(-c2cc(OC)ccc2Br)o1. The van der Waals surface area contributed by atoms with Crippen LogP contribution in [-0.2, 0) is 6.54 Å². The third kappa shape index (κ3) is 3.54. The van der Waals surface area contributed by atoms with Crippen molar-refractivity contribution < 1.29 is 9.15 Å². The Kier molecular flexibility index (Phi) is 4.93. The van der Waals surface area contributed by atoms with Crippen molar-refractivity contribution in [1.82, 2.24) is 15.5 Å². The molecule has 1 aromatic heterocycles. The van der Waals surface area contributed by atoms with Gasteiger partial charge in [-0.3, -0.25) is 0 Å². The fraction of sp³-hybridized carbons (Fsp3) is 0.385. The maximum Gasteiger partial charge on any atom is 0.249 e. The van der Waals surface area contributed by atoms with Crippen molar-refractivity contribution in [2.75, 3.05) is 13.7 Å². The minimum Gasteiger partial charge on any atom is -0.497 e. The van der Waals surface area contributed by atoms with Gasteiger partial charge in [0.1, 0.15) is 5.75 Å². The first kappa shape index (κ1) is 14.0. The van der Waals surface area contributed by atoms with Crippen molar-refractivity contribution in [2.24, 2.45) is 0 Å². The lowest BCUT2D eigenvalue weighted by Crippen LogP contribution is -2.13. The summed E-state index contributed by atoms with van der Waals surface area (Å²) in [6.45, 7) is 3.63. The van der Waals surface area contributed by atoms with Gasteiger partial charge in [-0.1, -0.05) is 6.92 Å². The number of ether oxygens (including phenoxy) is 1.